The van der Waals surface area contributed by atoms with E-state index in [4.69, 9.17) is 0 Å². The molecule has 1 fully saturated rings. The van der Waals surface area contributed by atoms with Gasteiger partial charge in [-0.3, -0.25) is 29.4 Å². The normalized spacial score (nSPS) is 18.4. The Morgan fingerprint density at radius 3 is 2.36 bits per heavy atom. The number of imide groups is 1. The number of carbonyl (C=O) groups is 4. The molecule has 1 aromatic carbocycles. The van der Waals surface area contributed by atoms with Crippen molar-refractivity contribution in [2.45, 2.75) is 39.5 Å². The Balaban J connectivity index is 1.50. The van der Waals surface area contributed by atoms with Crippen molar-refractivity contribution in [1.29, 1.82) is 0 Å². The molecule has 2 aliphatic rings. The second kappa shape index (κ2) is 6.63. The smallest absolute Gasteiger partial charge is 0.257 e. The number of nitrogens with one attached hydrogen (secondary N) is 1. The Labute approximate surface area is 165 Å². The second-order valence-corrected chi connectivity index (χ2v) is 8.86. The summed E-state index contributed by atoms with van der Waals surface area (Å²) in [4.78, 5) is 54.6. The van der Waals surface area contributed by atoms with Crippen molar-refractivity contribution in [3.63, 3.8) is 0 Å². The number of amides is 3. The fourth-order valence-corrected chi connectivity index (χ4v) is 4.48. The number of carbonyl (C=O) groups excluding carboxylic acids is 4. The van der Waals surface area contributed by atoms with E-state index >= 15 is 0 Å². The average molecular weight is 397 g/mol. The average Bonchev–Trinajstić information content (AvgIpc) is 3.17. The molecule has 8 heteroatoms. The second-order valence-electron chi connectivity index (χ2n) is 7.86. The molecule has 0 radical (unpaired) electrons. The molecule has 0 atom stereocenters. The van der Waals surface area contributed by atoms with Gasteiger partial charge in [0.25, 0.3) is 5.91 Å². The summed E-state index contributed by atoms with van der Waals surface area (Å²) in [6, 6.07) is 6.28. The van der Waals surface area contributed by atoms with Crippen LogP contribution in [-0.4, -0.2) is 28.5 Å². The van der Waals surface area contributed by atoms with Crippen molar-refractivity contribution >= 4 is 45.7 Å². The Bertz CT molecular complexity index is 991. The van der Waals surface area contributed by atoms with Crippen molar-refractivity contribution in [3.05, 3.63) is 40.4 Å². The van der Waals surface area contributed by atoms with E-state index < -0.39 is 0 Å². The number of nitrogens with zero attached hydrogens (tertiary/aromatic N) is 2. The Morgan fingerprint density at radius 2 is 1.71 bits per heavy atom. The number of fused-ring (bicyclic) bond motifs is 1. The van der Waals surface area contributed by atoms with Crippen LogP contribution in [-0.2, 0) is 16.0 Å². The summed E-state index contributed by atoms with van der Waals surface area (Å²) < 4.78 is 0. The van der Waals surface area contributed by atoms with Gasteiger partial charge in [0, 0.05) is 24.8 Å². The molecule has 28 heavy (non-hydrogen) atoms. The summed E-state index contributed by atoms with van der Waals surface area (Å²) in [5.41, 5.74) is 1.45. The van der Waals surface area contributed by atoms with E-state index in [0.717, 1.165) is 10.6 Å². The van der Waals surface area contributed by atoms with Crippen LogP contribution in [0.2, 0.25) is 0 Å². The van der Waals surface area contributed by atoms with E-state index in [-0.39, 0.29) is 41.8 Å². The molecule has 0 spiro atoms. The zero-order valence-corrected chi connectivity index (χ0v) is 16.4. The highest BCUT2D eigenvalue weighted by Crippen LogP contribution is 2.38. The third kappa shape index (κ3) is 3.35. The van der Waals surface area contributed by atoms with Crippen LogP contribution in [0.5, 0.6) is 0 Å². The number of thiazole rings is 1. The predicted octanol–water partition coefficient (Wildman–Crippen LogP) is 3.20. The standard InChI is InChI=1S/C20H19N3O4S/c1-20(2)9-13-17(14(24)10-20)28-19(21-13)22-18(27)11-3-5-12(6-4-11)23-15(25)7-8-16(23)26/h3-6H,7-10H2,1-2H3,(H,21,22,27). The molecule has 3 amide bonds. The van der Waals surface area contributed by atoms with Crippen LogP contribution < -0.4 is 10.2 Å². The van der Waals surface area contributed by atoms with Gasteiger partial charge in [0.15, 0.2) is 10.9 Å². The van der Waals surface area contributed by atoms with Crippen molar-refractivity contribution in [1.82, 2.24) is 4.98 Å². The summed E-state index contributed by atoms with van der Waals surface area (Å²) in [5, 5.41) is 3.14. The summed E-state index contributed by atoms with van der Waals surface area (Å²) in [7, 11) is 0. The van der Waals surface area contributed by atoms with Gasteiger partial charge in [-0.1, -0.05) is 25.2 Å². The molecule has 0 bridgehead atoms. The molecule has 7 nitrogen and oxygen atoms in total. The molecular formula is C20H19N3O4S. The van der Waals surface area contributed by atoms with Gasteiger partial charge in [-0.25, -0.2) is 4.98 Å². The quantitative estimate of drug-likeness (QED) is 0.803. The zero-order valence-electron chi connectivity index (χ0n) is 15.6. The molecule has 2 aromatic rings. The summed E-state index contributed by atoms with van der Waals surface area (Å²) in [6.07, 6.45) is 1.61. The number of Topliss-reactive ketones (excluding diaryl/α,β-unsaturated/α-hetero) is 1. The first-order valence-electron chi connectivity index (χ1n) is 9.04. The molecule has 4 rings (SSSR count). The van der Waals surface area contributed by atoms with Gasteiger partial charge in [0.1, 0.15) is 0 Å². The maximum Gasteiger partial charge on any atom is 0.257 e. The first-order valence-corrected chi connectivity index (χ1v) is 9.85. The number of hydrogen-bond donors (Lipinski definition) is 1. The van der Waals surface area contributed by atoms with Gasteiger partial charge < -0.3 is 0 Å². The summed E-state index contributed by atoms with van der Waals surface area (Å²) in [5.74, 6) is -0.761. The zero-order chi connectivity index (χ0) is 20.1. The van der Waals surface area contributed by atoms with E-state index in [1.165, 1.54) is 11.3 Å². The lowest BCUT2D eigenvalue weighted by molar-refractivity contribution is -0.121. The van der Waals surface area contributed by atoms with E-state index in [1.807, 2.05) is 13.8 Å². The van der Waals surface area contributed by atoms with E-state index in [9.17, 15) is 19.2 Å². The van der Waals surface area contributed by atoms with Gasteiger partial charge in [-0.05, 0) is 36.1 Å². The number of hydrogen-bond acceptors (Lipinski definition) is 6. The molecule has 2 heterocycles. The predicted molar refractivity (Wildman–Crippen MR) is 105 cm³/mol. The van der Waals surface area contributed by atoms with Crippen LogP contribution in [0, 0.1) is 5.41 Å². The third-order valence-electron chi connectivity index (χ3n) is 4.90. The van der Waals surface area contributed by atoms with Crippen LogP contribution in [0.3, 0.4) is 0 Å². The number of benzene rings is 1. The van der Waals surface area contributed by atoms with Crippen molar-refractivity contribution < 1.29 is 19.2 Å². The number of aromatic nitrogens is 1. The van der Waals surface area contributed by atoms with Crippen LogP contribution in [0.15, 0.2) is 24.3 Å². The molecular weight excluding hydrogens is 378 g/mol. The fourth-order valence-electron chi connectivity index (χ4n) is 3.57. The topological polar surface area (TPSA) is 96.4 Å². The highest BCUT2D eigenvalue weighted by Gasteiger charge is 2.34. The summed E-state index contributed by atoms with van der Waals surface area (Å²) in [6.45, 7) is 4.06. The Morgan fingerprint density at radius 1 is 1.07 bits per heavy atom. The molecule has 144 valence electrons. The fraction of sp³-hybridized carbons (Fsp3) is 0.350. The number of ketones is 1. The Hall–Kier alpha value is -2.87. The van der Waals surface area contributed by atoms with E-state index in [1.54, 1.807) is 24.3 Å². The first-order chi connectivity index (χ1) is 13.2. The minimum atomic E-state index is -0.358. The molecule has 1 aliphatic carbocycles. The van der Waals surface area contributed by atoms with Gasteiger partial charge >= 0.3 is 0 Å². The minimum absolute atomic E-state index is 0.0635. The molecule has 1 N–H and O–H groups in total. The highest BCUT2D eigenvalue weighted by molar-refractivity contribution is 7.17. The number of anilines is 2. The lowest BCUT2D eigenvalue weighted by atomic mass is 9.78. The molecule has 0 saturated carbocycles. The third-order valence-corrected chi connectivity index (χ3v) is 5.95. The molecule has 1 aliphatic heterocycles. The van der Waals surface area contributed by atoms with Crippen molar-refractivity contribution in [2.75, 3.05) is 10.2 Å². The van der Waals surface area contributed by atoms with Crippen molar-refractivity contribution in [3.8, 4) is 0 Å². The molecule has 1 aromatic heterocycles. The Kier molecular flexibility index (Phi) is 4.38. The number of rotatable bonds is 3. The monoisotopic (exact) mass is 397 g/mol. The maximum absolute atomic E-state index is 12.5. The van der Waals surface area contributed by atoms with Crippen LogP contribution in [0.1, 0.15) is 58.8 Å². The van der Waals surface area contributed by atoms with Crippen molar-refractivity contribution in [2.24, 2.45) is 5.41 Å². The molecule has 0 unspecified atom stereocenters. The summed E-state index contributed by atoms with van der Waals surface area (Å²) >= 11 is 1.20. The molecule has 1 saturated heterocycles. The van der Waals surface area contributed by atoms with Gasteiger partial charge in [-0.2, -0.15) is 0 Å². The SMILES string of the molecule is CC1(C)CC(=O)c2sc(NC(=O)c3ccc(N4C(=O)CCC4=O)cc3)nc2C1. The minimum Gasteiger partial charge on any atom is -0.298 e. The van der Waals surface area contributed by atoms with E-state index in [0.29, 0.717) is 34.1 Å². The maximum atomic E-state index is 12.5. The van der Waals surface area contributed by atoms with Crippen LogP contribution >= 0.6 is 11.3 Å². The van der Waals surface area contributed by atoms with Gasteiger partial charge in [0.05, 0.1) is 16.3 Å². The van der Waals surface area contributed by atoms with E-state index in [2.05, 4.69) is 10.3 Å². The lowest BCUT2D eigenvalue weighted by Crippen LogP contribution is -2.28. The van der Waals surface area contributed by atoms with Crippen LogP contribution in [0.4, 0.5) is 10.8 Å². The first kappa shape index (κ1) is 18.5. The largest absolute Gasteiger partial charge is 0.298 e. The van der Waals surface area contributed by atoms with Crippen LogP contribution in [0.25, 0.3) is 0 Å². The van der Waals surface area contributed by atoms with Gasteiger partial charge in [0.2, 0.25) is 11.8 Å². The lowest BCUT2D eigenvalue weighted by Gasteiger charge is -2.26. The van der Waals surface area contributed by atoms with Gasteiger partial charge in [-0.15, -0.1) is 0 Å². The highest BCUT2D eigenvalue weighted by atomic mass is 32.1.